The lowest BCUT2D eigenvalue weighted by molar-refractivity contribution is -0.121. The van der Waals surface area contributed by atoms with Gasteiger partial charge in [0, 0.05) is 58.8 Å². The average molecular weight is 338 g/mol. The molecule has 0 saturated heterocycles. The van der Waals surface area contributed by atoms with E-state index in [4.69, 9.17) is 9.47 Å². The van der Waals surface area contributed by atoms with Crippen LogP contribution in [0.25, 0.3) is 0 Å². The Bertz CT molecular complexity index is 484. The van der Waals surface area contributed by atoms with Gasteiger partial charge in [-0.3, -0.25) is 14.6 Å². The summed E-state index contributed by atoms with van der Waals surface area (Å²) in [6.07, 6.45) is 5.34. The number of nitrogens with one attached hydrogen (secondary N) is 1. The molecule has 8 heteroatoms. The van der Waals surface area contributed by atoms with Crippen molar-refractivity contribution in [1.29, 1.82) is 0 Å². The van der Waals surface area contributed by atoms with Crippen molar-refractivity contribution in [1.82, 2.24) is 20.2 Å². The normalized spacial score (nSPS) is 10.4. The molecule has 1 aromatic rings. The summed E-state index contributed by atoms with van der Waals surface area (Å²) in [5.74, 6) is -0.349. The van der Waals surface area contributed by atoms with E-state index in [9.17, 15) is 9.59 Å². The van der Waals surface area contributed by atoms with Crippen molar-refractivity contribution in [2.45, 2.75) is 19.8 Å². The van der Waals surface area contributed by atoms with E-state index < -0.39 is 0 Å². The van der Waals surface area contributed by atoms with Gasteiger partial charge in [0.2, 0.25) is 5.91 Å². The van der Waals surface area contributed by atoms with Crippen LogP contribution in [0.1, 0.15) is 30.3 Å². The number of nitrogens with zero attached hydrogens (tertiary/aromatic N) is 3. The van der Waals surface area contributed by atoms with Gasteiger partial charge in [0.15, 0.2) is 0 Å². The highest BCUT2D eigenvalue weighted by Gasteiger charge is 2.18. The number of amides is 2. The SMILES string of the molecule is CCOCCCN(CCC(=O)NCCOC)C(=O)c1cnccn1. The Kier molecular flexibility index (Phi) is 10.3. The molecule has 1 N–H and O–H groups in total. The molecular weight excluding hydrogens is 312 g/mol. The molecule has 0 aliphatic carbocycles. The van der Waals surface area contributed by atoms with Crippen LogP contribution in [-0.4, -0.2) is 73.2 Å². The topological polar surface area (TPSA) is 93.7 Å². The van der Waals surface area contributed by atoms with Crippen molar-refractivity contribution >= 4 is 11.8 Å². The molecule has 0 aliphatic rings. The highest BCUT2D eigenvalue weighted by Crippen LogP contribution is 2.03. The molecule has 8 nitrogen and oxygen atoms in total. The Morgan fingerprint density at radius 1 is 1.25 bits per heavy atom. The van der Waals surface area contributed by atoms with E-state index in [2.05, 4.69) is 15.3 Å². The molecule has 0 unspecified atom stereocenters. The standard InChI is InChI=1S/C16H26N4O4/c1-3-24-11-4-9-20(10-5-15(21)19-8-12-23-2)16(22)14-13-17-6-7-18-14/h6-7,13H,3-5,8-12H2,1-2H3,(H,19,21). The predicted octanol–water partition coefficient (Wildman–Crippen LogP) is 0.498. The first-order valence-corrected chi connectivity index (χ1v) is 8.07. The molecule has 1 heterocycles. The third kappa shape index (κ3) is 7.98. The summed E-state index contributed by atoms with van der Waals surface area (Å²) in [6, 6.07) is 0. The first-order valence-electron chi connectivity index (χ1n) is 8.07. The molecule has 0 radical (unpaired) electrons. The van der Waals surface area contributed by atoms with Crippen LogP contribution in [0.5, 0.6) is 0 Å². The largest absolute Gasteiger partial charge is 0.383 e. The molecule has 0 bridgehead atoms. The molecule has 134 valence electrons. The smallest absolute Gasteiger partial charge is 0.274 e. The molecule has 0 fully saturated rings. The minimum Gasteiger partial charge on any atom is -0.383 e. The third-order valence-electron chi connectivity index (χ3n) is 3.23. The Morgan fingerprint density at radius 3 is 2.75 bits per heavy atom. The zero-order valence-electron chi connectivity index (χ0n) is 14.4. The Labute approximate surface area is 142 Å². The maximum Gasteiger partial charge on any atom is 0.274 e. The fraction of sp³-hybridized carbons (Fsp3) is 0.625. The number of rotatable bonds is 12. The van der Waals surface area contributed by atoms with Gasteiger partial charge in [0.05, 0.1) is 12.8 Å². The third-order valence-corrected chi connectivity index (χ3v) is 3.23. The van der Waals surface area contributed by atoms with Gasteiger partial charge in [-0.15, -0.1) is 0 Å². The second-order valence-corrected chi connectivity index (χ2v) is 5.03. The van der Waals surface area contributed by atoms with Crippen LogP contribution in [0.3, 0.4) is 0 Å². The lowest BCUT2D eigenvalue weighted by atomic mass is 10.3. The predicted molar refractivity (Wildman–Crippen MR) is 88.5 cm³/mol. The van der Waals surface area contributed by atoms with Gasteiger partial charge >= 0.3 is 0 Å². The van der Waals surface area contributed by atoms with Crippen LogP contribution < -0.4 is 5.32 Å². The molecular formula is C16H26N4O4. The number of carbonyl (C=O) groups is 2. The first kappa shape index (κ1) is 20.0. The minimum absolute atomic E-state index is 0.117. The summed E-state index contributed by atoms with van der Waals surface area (Å²) in [6.45, 7) is 4.87. The van der Waals surface area contributed by atoms with Gasteiger partial charge in [-0.25, -0.2) is 4.98 Å². The molecule has 1 rings (SSSR count). The van der Waals surface area contributed by atoms with E-state index in [1.54, 1.807) is 12.0 Å². The second-order valence-electron chi connectivity index (χ2n) is 5.03. The van der Waals surface area contributed by atoms with Crippen molar-refractivity contribution in [3.63, 3.8) is 0 Å². The van der Waals surface area contributed by atoms with Crippen LogP contribution >= 0.6 is 0 Å². The maximum atomic E-state index is 12.5. The fourth-order valence-corrected chi connectivity index (χ4v) is 2.01. The van der Waals surface area contributed by atoms with Gasteiger partial charge in [-0.2, -0.15) is 0 Å². The van der Waals surface area contributed by atoms with Crippen LogP contribution in [0, 0.1) is 0 Å². The van der Waals surface area contributed by atoms with Gasteiger partial charge < -0.3 is 19.7 Å². The van der Waals surface area contributed by atoms with Crippen molar-refractivity contribution in [3.05, 3.63) is 24.3 Å². The Morgan fingerprint density at radius 2 is 2.08 bits per heavy atom. The van der Waals surface area contributed by atoms with E-state index in [1.165, 1.54) is 18.6 Å². The Balaban J connectivity index is 2.54. The van der Waals surface area contributed by atoms with Crippen molar-refractivity contribution < 1.29 is 19.1 Å². The van der Waals surface area contributed by atoms with Crippen LogP contribution in [0.2, 0.25) is 0 Å². The number of ether oxygens (including phenoxy) is 2. The quantitative estimate of drug-likeness (QED) is 0.558. The van der Waals surface area contributed by atoms with E-state index in [-0.39, 0.29) is 23.9 Å². The molecule has 2 amide bonds. The van der Waals surface area contributed by atoms with Crippen molar-refractivity contribution in [2.75, 3.05) is 46.6 Å². The van der Waals surface area contributed by atoms with Gasteiger partial charge in [0.25, 0.3) is 5.91 Å². The molecule has 0 saturated carbocycles. The summed E-state index contributed by atoms with van der Waals surface area (Å²) in [5.41, 5.74) is 0.272. The van der Waals surface area contributed by atoms with Crippen LogP contribution in [0.15, 0.2) is 18.6 Å². The zero-order chi connectivity index (χ0) is 17.6. The number of methoxy groups -OCH3 is 1. The lowest BCUT2D eigenvalue weighted by Crippen LogP contribution is -2.37. The molecule has 0 aliphatic heterocycles. The molecule has 0 atom stereocenters. The molecule has 0 aromatic carbocycles. The Hall–Kier alpha value is -2.06. The highest BCUT2D eigenvalue weighted by molar-refractivity contribution is 5.92. The summed E-state index contributed by atoms with van der Waals surface area (Å²) >= 11 is 0. The highest BCUT2D eigenvalue weighted by atomic mass is 16.5. The van der Waals surface area contributed by atoms with E-state index >= 15 is 0 Å². The van der Waals surface area contributed by atoms with Gasteiger partial charge in [-0.05, 0) is 13.3 Å². The average Bonchev–Trinajstić information content (AvgIpc) is 2.61. The van der Waals surface area contributed by atoms with Crippen LogP contribution in [0.4, 0.5) is 0 Å². The summed E-state index contributed by atoms with van der Waals surface area (Å²) in [5, 5.41) is 2.74. The van der Waals surface area contributed by atoms with E-state index in [1.807, 2.05) is 6.92 Å². The molecule has 24 heavy (non-hydrogen) atoms. The van der Waals surface area contributed by atoms with Crippen molar-refractivity contribution in [2.24, 2.45) is 0 Å². The van der Waals surface area contributed by atoms with Crippen LogP contribution in [-0.2, 0) is 14.3 Å². The monoisotopic (exact) mass is 338 g/mol. The first-order chi connectivity index (χ1) is 11.7. The maximum absolute atomic E-state index is 12.5. The summed E-state index contributed by atoms with van der Waals surface area (Å²) in [7, 11) is 1.58. The fourth-order valence-electron chi connectivity index (χ4n) is 2.01. The summed E-state index contributed by atoms with van der Waals surface area (Å²) < 4.78 is 10.2. The lowest BCUT2D eigenvalue weighted by Gasteiger charge is -2.22. The number of hydrogen-bond donors (Lipinski definition) is 1. The second kappa shape index (κ2) is 12.4. The molecule has 0 spiro atoms. The van der Waals surface area contributed by atoms with E-state index in [0.29, 0.717) is 45.9 Å². The summed E-state index contributed by atoms with van der Waals surface area (Å²) in [4.78, 5) is 33.9. The van der Waals surface area contributed by atoms with Gasteiger partial charge in [-0.1, -0.05) is 0 Å². The number of carbonyl (C=O) groups excluding carboxylic acids is 2. The van der Waals surface area contributed by atoms with Gasteiger partial charge in [0.1, 0.15) is 5.69 Å². The zero-order valence-corrected chi connectivity index (χ0v) is 14.4. The van der Waals surface area contributed by atoms with Crippen molar-refractivity contribution in [3.8, 4) is 0 Å². The van der Waals surface area contributed by atoms with E-state index in [0.717, 1.165) is 0 Å². The number of aromatic nitrogens is 2. The number of hydrogen-bond acceptors (Lipinski definition) is 6. The molecule has 1 aromatic heterocycles. The minimum atomic E-state index is -0.232.